The van der Waals surface area contributed by atoms with Crippen LogP contribution in [0.1, 0.15) is 174 Å². The van der Waals surface area contributed by atoms with Gasteiger partial charge in [0.05, 0.1) is 40.3 Å². The van der Waals surface area contributed by atoms with E-state index in [-0.39, 0.29) is 38.6 Å². The molecule has 384 valence electrons. The molecular weight excluding hydrogens is 851 g/mol. The number of hydrogen-bond donors (Lipinski definition) is 0. The number of allylic oxidation sites excluding steroid dienone is 20. The first-order valence-electron chi connectivity index (χ1n) is 26.2. The molecule has 0 aliphatic rings. The minimum Gasteiger partial charge on any atom is -0.545 e. The van der Waals surface area contributed by atoms with E-state index in [4.69, 9.17) is 18.9 Å². The van der Waals surface area contributed by atoms with E-state index in [0.717, 1.165) is 122 Å². The molecule has 0 heterocycles. The fourth-order valence-electron chi connectivity index (χ4n) is 6.40. The Bertz CT molecular complexity index is 1520. The van der Waals surface area contributed by atoms with Crippen LogP contribution in [0.25, 0.3) is 0 Å². The number of carbonyl (C=O) groups excluding carboxylic acids is 3. The number of carboxylic acid groups (broad SMARTS) is 1. The topological polar surface area (TPSA) is 111 Å². The van der Waals surface area contributed by atoms with Crippen molar-refractivity contribution in [1.29, 1.82) is 0 Å². The average Bonchev–Trinajstić information content (AvgIpc) is 3.30. The molecule has 2 unspecified atom stereocenters. The number of ether oxygens (including phenoxy) is 4. The van der Waals surface area contributed by atoms with Crippen LogP contribution in [0.4, 0.5) is 0 Å². The smallest absolute Gasteiger partial charge is 0.306 e. The van der Waals surface area contributed by atoms with Gasteiger partial charge in [-0.1, -0.05) is 174 Å². The van der Waals surface area contributed by atoms with E-state index in [1.807, 2.05) is 21.1 Å². The number of carbonyl (C=O) groups is 3. The Kier molecular flexibility index (Phi) is 46.0. The van der Waals surface area contributed by atoms with Crippen LogP contribution in [0.5, 0.6) is 0 Å². The molecule has 0 aromatic carbocycles. The summed E-state index contributed by atoms with van der Waals surface area (Å²) in [6, 6.07) is 0. The number of rotatable bonds is 46. The summed E-state index contributed by atoms with van der Waals surface area (Å²) in [6.45, 7) is 4.52. The lowest BCUT2D eigenvalue weighted by Crippen LogP contribution is -2.44. The number of unbranched alkanes of at least 4 members (excludes halogenated alkanes) is 11. The van der Waals surface area contributed by atoms with Crippen LogP contribution in [0.2, 0.25) is 0 Å². The van der Waals surface area contributed by atoms with E-state index in [2.05, 4.69) is 135 Å². The van der Waals surface area contributed by atoms with Crippen molar-refractivity contribution in [2.75, 3.05) is 47.5 Å². The summed E-state index contributed by atoms with van der Waals surface area (Å²) >= 11 is 0. The van der Waals surface area contributed by atoms with Crippen molar-refractivity contribution >= 4 is 17.9 Å². The number of carboxylic acids is 1. The summed E-state index contributed by atoms with van der Waals surface area (Å²) in [5.74, 6) is -2.36. The van der Waals surface area contributed by atoms with Gasteiger partial charge >= 0.3 is 11.9 Å². The molecule has 0 saturated heterocycles. The highest BCUT2D eigenvalue weighted by molar-refractivity contribution is 5.70. The van der Waals surface area contributed by atoms with Gasteiger partial charge in [0.2, 0.25) is 0 Å². The lowest BCUT2D eigenvalue weighted by atomic mass is 10.1. The second kappa shape index (κ2) is 49.1. The Labute approximate surface area is 415 Å². The molecule has 0 rings (SSSR count). The highest BCUT2D eigenvalue weighted by atomic mass is 16.7. The largest absolute Gasteiger partial charge is 0.545 e. The van der Waals surface area contributed by atoms with Crippen LogP contribution in [0.15, 0.2) is 122 Å². The predicted octanol–water partition coefficient (Wildman–Crippen LogP) is 13.6. The third kappa shape index (κ3) is 49.6. The Morgan fingerprint density at radius 2 is 0.838 bits per heavy atom. The van der Waals surface area contributed by atoms with E-state index in [1.54, 1.807) is 0 Å². The van der Waals surface area contributed by atoms with Gasteiger partial charge in [0.25, 0.3) is 0 Å². The Hall–Kier alpha value is -4.31. The zero-order valence-corrected chi connectivity index (χ0v) is 43.4. The third-order valence-electron chi connectivity index (χ3n) is 10.4. The summed E-state index contributed by atoms with van der Waals surface area (Å²) in [6.07, 6.45) is 65.3. The van der Waals surface area contributed by atoms with Gasteiger partial charge in [-0.15, -0.1) is 0 Å². The normalized spacial score (nSPS) is 13.8. The van der Waals surface area contributed by atoms with E-state index in [9.17, 15) is 19.5 Å². The van der Waals surface area contributed by atoms with Crippen molar-refractivity contribution < 1.29 is 42.9 Å². The molecule has 0 spiro atoms. The number of likely N-dealkylation sites (N-methyl/N-ethyl adjacent to an activating group) is 1. The van der Waals surface area contributed by atoms with Crippen LogP contribution in [0.3, 0.4) is 0 Å². The van der Waals surface area contributed by atoms with Crippen molar-refractivity contribution in [1.82, 2.24) is 0 Å². The molecule has 0 aromatic rings. The molecule has 0 radical (unpaired) electrons. The quantitative estimate of drug-likeness (QED) is 0.0195. The minimum absolute atomic E-state index is 0.133. The Morgan fingerprint density at radius 3 is 1.28 bits per heavy atom. The van der Waals surface area contributed by atoms with Gasteiger partial charge in [0.1, 0.15) is 13.2 Å². The molecule has 0 fully saturated rings. The standard InChI is InChI=1S/C59H95NO8/c1-6-8-10-12-14-16-18-20-21-22-23-24-25-26-27-28-29-30-31-32-33-34-35-36-37-38-40-42-44-46-48-50-57(62)68-55(54-67-59(58(63)64)65-52-51-60(3,4)5)53-66-56(61)49-47-45-43-41-39-19-17-15-13-11-9-7-2/h8,10,14-17,20-21,23-24,26-27,29-30,32-33,35-36,38,40,55,59H,6-7,9,11-13,18-19,22,25,28,31,34,37,39,41-54H2,1-5H3/b10-8-,16-14-,17-15-,21-20-,24-23-,27-26-,30-29-,33-32-,36-35-,40-38-. The number of hydrogen-bond acceptors (Lipinski definition) is 8. The molecule has 0 aromatic heterocycles. The maximum absolute atomic E-state index is 12.8. The summed E-state index contributed by atoms with van der Waals surface area (Å²) in [7, 11) is 5.88. The summed E-state index contributed by atoms with van der Waals surface area (Å²) in [5.41, 5.74) is 0. The predicted molar refractivity (Wildman–Crippen MR) is 283 cm³/mol. The van der Waals surface area contributed by atoms with Gasteiger partial charge in [-0.05, 0) is 109 Å². The van der Waals surface area contributed by atoms with Crippen molar-refractivity contribution in [2.24, 2.45) is 0 Å². The third-order valence-corrected chi connectivity index (χ3v) is 10.4. The minimum atomic E-state index is -1.64. The lowest BCUT2D eigenvalue weighted by Gasteiger charge is -2.26. The molecule has 9 nitrogen and oxygen atoms in total. The van der Waals surface area contributed by atoms with Gasteiger partial charge in [-0.2, -0.15) is 0 Å². The fraction of sp³-hybridized carbons (Fsp3) is 0.610. The molecule has 0 aliphatic heterocycles. The molecule has 68 heavy (non-hydrogen) atoms. The maximum atomic E-state index is 12.8. The molecule has 0 saturated carbocycles. The number of esters is 2. The molecule has 0 amide bonds. The van der Waals surface area contributed by atoms with Gasteiger partial charge < -0.3 is 33.3 Å². The molecule has 0 N–H and O–H groups in total. The van der Waals surface area contributed by atoms with Gasteiger partial charge in [0, 0.05) is 12.8 Å². The van der Waals surface area contributed by atoms with E-state index in [1.165, 1.54) is 19.3 Å². The molecule has 2 atom stereocenters. The first-order valence-corrected chi connectivity index (χ1v) is 26.2. The maximum Gasteiger partial charge on any atom is 0.306 e. The van der Waals surface area contributed by atoms with Crippen LogP contribution in [0, 0.1) is 0 Å². The number of aliphatic carboxylic acids is 1. The van der Waals surface area contributed by atoms with Crippen molar-refractivity contribution in [3.63, 3.8) is 0 Å². The molecule has 0 aliphatic carbocycles. The first-order chi connectivity index (χ1) is 33.1. The van der Waals surface area contributed by atoms with Crippen LogP contribution in [-0.4, -0.2) is 82.3 Å². The average molecular weight is 946 g/mol. The monoisotopic (exact) mass is 946 g/mol. The molecule has 9 heteroatoms. The zero-order valence-electron chi connectivity index (χ0n) is 43.4. The highest BCUT2D eigenvalue weighted by Crippen LogP contribution is 2.12. The zero-order chi connectivity index (χ0) is 49.9. The lowest BCUT2D eigenvalue weighted by molar-refractivity contribution is -0.870. The fourth-order valence-corrected chi connectivity index (χ4v) is 6.40. The molecule has 0 bridgehead atoms. The van der Waals surface area contributed by atoms with E-state index in [0.29, 0.717) is 17.4 Å². The van der Waals surface area contributed by atoms with Crippen LogP contribution in [-0.2, 0) is 33.3 Å². The van der Waals surface area contributed by atoms with Crippen molar-refractivity contribution in [3.05, 3.63) is 122 Å². The highest BCUT2D eigenvalue weighted by Gasteiger charge is 2.21. The molecular formula is C59H95NO8. The van der Waals surface area contributed by atoms with Gasteiger partial charge in [0.15, 0.2) is 12.4 Å². The van der Waals surface area contributed by atoms with Crippen LogP contribution >= 0.6 is 0 Å². The summed E-state index contributed by atoms with van der Waals surface area (Å²) in [5, 5.41) is 11.7. The Morgan fingerprint density at radius 1 is 0.456 bits per heavy atom. The SMILES string of the molecule is CC/C=C\C/C=C\C/C=C\C/C=C\C/C=C\C/C=C\C/C=C\C/C=C\C/C=C\CCCCCC(=O)OC(COC(=O)CCCCCCC/C=C\CCCCC)COC(OCC[N+](C)(C)C)C(=O)[O-]. The second-order valence-corrected chi connectivity index (χ2v) is 18.1. The number of nitrogens with zero attached hydrogens (tertiary/aromatic N) is 1. The van der Waals surface area contributed by atoms with E-state index >= 15 is 0 Å². The second-order valence-electron chi connectivity index (χ2n) is 18.1. The van der Waals surface area contributed by atoms with Gasteiger partial charge in [-0.25, -0.2) is 0 Å². The number of quaternary nitrogens is 1. The van der Waals surface area contributed by atoms with Crippen molar-refractivity contribution in [3.8, 4) is 0 Å². The summed E-state index contributed by atoms with van der Waals surface area (Å²) in [4.78, 5) is 37.1. The Balaban J connectivity index is 4.38. The van der Waals surface area contributed by atoms with E-state index < -0.39 is 24.3 Å². The van der Waals surface area contributed by atoms with Gasteiger partial charge in [-0.3, -0.25) is 9.59 Å². The first kappa shape index (κ1) is 63.7. The van der Waals surface area contributed by atoms with Crippen molar-refractivity contribution in [2.45, 2.75) is 187 Å². The summed E-state index contributed by atoms with van der Waals surface area (Å²) < 4.78 is 22.5. The van der Waals surface area contributed by atoms with Crippen LogP contribution < -0.4 is 5.11 Å².